The van der Waals surface area contributed by atoms with Crippen molar-refractivity contribution in [2.24, 2.45) is 5.92 Å². The van der Waals surface area contributed by atoms with Crippen molar-refractivity contribution in [2.75, 3.05) is 16.0 Å². The molecule has 16 heteroatoms. The molecule has 1 saturated carbocycles. The number of halogens is 9. The van der Waals surface area contributed by atoms with Gasteiger partial charge < -0.3 is 20.5 Å². The normalized spacial score (nSPS) is 18.2. The lowest BCUT2D eigenvalue weighted by molar-refractivity contribution is -0.140. The Balaban J connectivity index is 1.51. The smallest absolute Gasteiger partial charge is 0.419 e. The van der Waals surface area contributed by atoms with Crippen LogP contribution >= 0.6 is 34.8 Å². The number of ether oxygens (including phenoxy) is 1. The van der Waals surface area contributed by atoms with Crippen LogP contribution in [0, 0.1) is 23.4 Å². The zero-order valence-corrected chi connectivity index (χ0v) is 25.7. The Hall–Kier alpha value is -3.39. The first-order valence-corrected chi connectivity index (χ1v) is 14.1. The van der Waals surface area contributed by atoms with E-state index in [1.54, 1.807) is 20.8 Å². The monoisotopic (exact) mass is 697 g/mol. The number of aliphatic hydroxyl groups excluding tert-OH is 1. The third kappa shape index (κ3) is 7.71. The molecule has 0 saturated heterocycles. The van der Waals surface area contributed by atoms with Crippen LogP contribution in [0.25, 0.3) is 0 Å². The van der Waals surface area contributed by atoms with E-state index in [4.69, 9.17) is 39.5 Å². The molecular formula is C29H24Cl3F6N3O4. The van der Waals surface area contributed by atoms with Crippen LogP contribution in [0.1, 0.15) is 48.2 Å². The van der Waals surface area contributed by atoms with Crippen molar-refractivity contribution in [3.63, 3.8) is 0 Å². The minimum absolute atomic E-state index is 0.0578. The Morgan fingerprint density at radius 1 is 0.956 bits per heavy atom. The summed E-state index contributed by atoms with van der Waals surface area (Å²) in [4.78, 5) is 25.1. The van der Waals surface area contributed by atoms with Gasteiger partial charge in [-0.15, -0.1) is 23.2 Å². The van der Waals surface area contributed by atoms with E-state index in [0.717, 1.165) is 18.2 Å². The molecule has 3 aromatic carbocycles. The topological polar surface area (TPSA) is 99.7 Å². The molecule has 1 fully saturated rings. The Labute approximate surface area is 267 Å². The lowest BCUT2D eigenvalue weighted by Gasteiger charge is -2.20. The Morgan fingerprint density at radius 2 is 1.60 bits per heavy atom. The lowest BCUT2D eigenvalue weighted by atomic mass is 10.0. The van der Waals surface area contributed by atoms with Crippen LogP contribution in [0.4, 0.5) is 48.2 Å². The fraction of sp³-hybridized carbons (Fsp3) is 0.310. The largest absolute Gasteiger partial charge is 0.444 e. The average molecular weight is 699 g/mol. The molecule has 242 valence electrons. The SMILES string of the molecule is CC(C)(C)OC(=O)Nc1c(F)ccc(NC(=O)c2cc(NC(O)[C@@H]3[C@@H](c4ccc(F)c(C(F)(F)F)c4)C3(Cl)Cl)ccc2Cl)c1F. The van der Waals surface area contributed by atoms with Gasteiger partial charge in [0.25, 0.3) is 5.91 Å². The van der Waals surface area contributed by atoms with E-state index in [9.17, 15) is 36.6 Å². The number of amides is 2. The summed E-state index contributed by atoms with van der Waals surface area (Å²) < 4.78 is 86.1. The number of nitrogens with one attached hydrogen (secondary N) is 3. The lowest BCUT2D eigenvalue weighted by Crippen LogP contribution is -2.28. The van der Waals surface area contributed by atoms with Gasteiger partial charge in [-0.2, -0.15) is 13.2 Å². The summed E-state index contributed by atoms with van der Waals surface area (Å²) in [6, 6.07) is 7.77. The first-order chi connectivity index (χ1) is 20.7. The van der Waals surface area contributed by atoms with E-state index in [-0.39, 0.29) is 21.8 Å². The van der Waals surface area contributed by atoms with Crippen molar-refractivity contribution in [2.45, 2.75) is 49.0 Å². The zero-order chi connectivity index (χ0) is 33.6. The number of aliphatic hydroxyl groups is 1. The van der Waals surface area contributed by atoms with Gasteiger partial charge in [0, 0.05) is 17.5 Å². The summed E-state index contributed by atoms with van der Waals surface area (Å²) in [5.74, 6) is -7.00. The first kappa shape index (κ1) is 34.5. The molecule has 3 atom stereocenters. The van der Waals surface area contributed by atoms with E-state index in [2.05, 4.69) is 10.6 Å². The summed E-state index contributed by atoms with van der Waals surface area (Å²) in [6.45, 7) is 4.64. The summed E-state index contributed by atoms with van der Waals surface area (Å²) in [5, 5.41) is 17.5. The molecule has 4 N–H and O–H groups in total. The molecule has 0 spiro atoms. The molecule has 0 heterocycles. The fourth-order valence-corrected chi connectivity index (χ4v) is 5.63. The van der Waals surface area contributed by atoms with Crippen molar-refractivity contribution in [1.29, 1.82) is 0 Å². The number of carbonyl (C=O) groups is 2. The second-order valence-corrected chi connectivity index (χ2v) is 12.9. The van der Waals surface area contributed by atoms with Gasteiger partial charge >= 0.3 is 12.3 Å². The molecule has 0 aromatic heterocycles. The van der Waals surface area contributed by atoms with E-state index >= 15 is 4.39 Å². The van der Waals surface area contributed by atoms with Gasteiger partial charge in [-0.3, -0.25) is 10.1 Å². The molecule has 4 rings (SSSR count). The molecular weight excluding hydrogens is 675 g/mol. The molecule has 0 aliphatic heterocycles. The number of rotatable bonds is 7. The summed E-state index contributed by atoms with van der Waals surface area (Å²) in [7, 11) is 0. The predicted octanol–water partition coefficient (Wildman–Crippen LogP) is 8.69. The summed E-state index contributed by atoms with van der Waals surface area (Å²) >= 11 is 18.7. The summed E-state index contributed by atoms with van der Waals surface area (Å²) in [6.07, 6.45) is -7.69. The van der Waals surface area contributed by atoms with Crippen molar-refractivity contribution >= 4 is 63.9 Å². The Bertz CT molecular complexity index is 1650. The highest BCUT2D eigenvalue weighted by atomic mass is 35.5. The molecule has 0 radical (unpaired) electrons. The van der Waals surface area contributed by atoms with Gasteiger partial charge in [0.05, 0.1) is 21.8 Å². The third-order valence-electron chi connectivity index (χ3n) is 6.59. The molecule has 3 aromatic rings. The quantitative estimate of drug-likeness (QED) is 0.112. The van der Waals surface area contributed by atoms with Gasteiger partial charge in [0.2, 0.25) is 0 Å². The molecule has 1 unspecified atom stereocenters. The Morgan fingerprint density at radius 3 is 2.22 bits per heavy atom. The highest BCUT2D eigenvalue weighted by Crippen LogP contribution is 2.66. The van der Waals surface area contributed by atoms with E-state index < -0.39 is 80.6 Å². The van der Waals surface area contributed by atoms with Crippen molar-refractivity contribution < 1.29 is 45.8 Å². The maximum atomic E-state index is 15.1. The van der Waals surface area contributed by atoms with Crippen molar-refractivity contribution in [3.05, 3.63) is 87.7 Å². The fourth-order valence-electron chi connectivity index (χ4n) is 4.53. The second-order valence-electron chi connectivity index (χ2n) is 11.1. The van der Waals surface area contributed by atoms with Crippen LogP contribution in [0.3, 0.4) is 0 Å². The minimum Gasteiger partial charge on any atom is -0.444 e. The molecule has 0 bridgehead atoms. The predicted molar refractivity (Wildman–Crippen MR) is 157 cm³/mol. The van der Waals surface area contributed by atoms with Gasteiger partial charge in [0.1, 0.15) is 33.5 Å². The van der Waals surface area contributed by atoms with Gasteiger partial charge in [0.15, 0.2) is 5.82 Å². The van der Waals surface area contributed by atoms with Crippen LogP contribution in [0.2, 0.25) is 5.02 Å². The molecule has 1 aliphatic rings. The van der Waals surface area contributed by atoms with Crippen molar-refractivity contribution in [3.8, 4) is 0 Å². The minimum atomic E-state index is -4.98. The zero-order valence-electron chi connectivity index (χ0n) is 23.4. The Kier molecular flexibility index (Phi) is 9.52. The van der Waals surface area contributed by atoms with Crippen molar-refractivity contribution in [1.82, 2.24) is 0 Å². The van der Waals surface area contributed by atoms with Crippen LogP contribution in [0.15, 0.2) is 48.5 Å². The average Bonchev–Trinajstić information content (AvgIpc) is 3.49. The molecule has 2 amide bonds. The first-order valence-electron chi connectivity index (χ1n) is 13.0. The number of carbonyl (C=O) groups excluding carboxylic acids is 2. The van der Waals surface area contributed by atoms with Crippen LogP contribution < -0.4 is 16.0 Å². The standard InChI is InChI=1S/C29H24Cl3F6N3O4/c1-27(2,3)45-26(44)41-23-18(34)8-9-19(22(23)35)40-24(42)14-11-13(5-6-16(14)30)39-25(43)21-20(28(21,31)32)12-4-7-17(33)15(10-12)29(36,37)38/h4-11,20-21,25,39,43H,1-3H3,(H,40,42)(H,41,44)/t20-,21+,25?/m1/s1. The van der Waals surface area contributed by atoms with Gasteiger partial charge in [-0.1, -0.05) is 17.7 Å². The maximum Gasteiger partial charge on any atom is 0.419 e. The second kappa shape index (κ2) is 12.4. The highest BCUT2D eigenvalue weighted by Gasteiger charge is 2.67. The molecule has 1 aliphatic carbocycles. The number of anilines is 3. The number of hydrogen-bond donors (Lipinski definition) is 4. The highest BCUT2D eigenvalue weighted by molar-refractivity contribution is 6.52. The number of hydrogen-bond acceptors (Lipinski definition) is 5. The maximum absolute atomic E-state index is 15.1. The van der Waals surface area contributed by atoms with Crippen LogP contribution in [-0.2, 0) is 10.9 Å². The van der Waals surface area contributed by atoms with Crippen LogP contribution in [0.5, 0.6) is 0 Å². The molecule has 45 heavy (non-hydrogen) atoms. The van der Waals surface area contributed by atoms with E-state index in [1.165, 1.54) is 18.2 Å². The number of alkyl halides is 5. The van der Waals surface area contributed by atoms with Crippen LogP contribution in [-0.4, -0.2) is 33.3 Å². The number of benzene rings is 3. The van der Waals surface area contributed by atoms with E-state index in [0.29, 0.717) is 12.1 Å². The van der Waals surface area contributed by atoms with Gasteiger partial charge in [-0.05, 0) is 68.8 Å². The third-order valence-corrected chi connectivity index (χ3v) is 7.90. The van der Waals surface area contributed by atoms with Gasteiger partial charge in [-0.25, -0.2) is 18.0 Å². The van der Waals surface area contributed by atoms with E-state index in [1.807, 2.05) is 5.32 Å². The molecule has 7 nitrogen and oxygen atoms in total. The summed E-state index contributed by atoms with van der Waals surface area (Å²) in [5.41, 5.74) is -4.08.